The maximum absolute atomic E-state index is 7.53. The molecule has 0 aromatic carbocycles. The number of pyridine rings is 1. The molecule has 6 heteroatoms. The van der Waals surface area contributed by atoms with E-state index in [1.165, 1.54) is 0 Å². The van der Waals surface area contributed by atoms with Gasteiger partial charge in [0.2, 0.25) is 0 Å². The van der Waals surface area contributed by atoms with E-state index in [1.54, 1.807) is 19.4 Å². The Morgan fingerprint density at radius 3 is 2.84 bits per heavy atom. The summed E-state index contributed by atoms with van der Waals surface area (Å²) in [5.74, 6) is 0.602. The van der Waals surface area contributed by atoms with E-state index in [-0.39, 0.29) is 11.9 Å². The first kappa shape index (κ1) is 15.7. The van der Waals surface area contributed by atoms with Gasteiger partial charge in [-0.3, -0.25) is 5.41 Å². The molecular weight excluding hydrogens is 264 g/mol. The molecule has 0 fully saturated rings. The van der Waals surface area contributed by atoms with Crippen molar-refractivity contribution in [3.8, 4) is 0 Å². The Bertz CT molecular complexity index is 439. The van der Waals surface area contributed by atoms with Crippen molar-refractivity contribution in [1.82, 2.24) is 4.98 Å². The highest BCUT2D eigenvalue weighted by molar-refractivity contribution is 6.36. The first-order valence-corrected chi connectivity index (χ1v) is 6.65. The highest BCUT2D eigenvalue weighted by Crippen LogP contribution is 2.28. The van der Waals surface area contributed by atoms with E-state index in [2.05, 4.69) is 23.7 Å². The van der Waals surface area contributed by atoms with E-state index in [0.29, 0.717) is 29.6 Å². The van der Waals surface area contributed by atoms with Crippen molar-refractivity contribution in [2.75, 3.05) is 25.2 Å². The van der Waals surface area contributed by atoms with Crippen molar-refractivity contribution in [2.45, 2.75) is 26.3 Å². The lowest BCUT2D eigenvalue weighted by Gasteiger charge is -2.30. The summed E-state index contributed by atoms with van der Waals surface area (Å²) in [6, 6.07) is 1.93. The van der Waals surface area contributed by atoms with Crippen LogP contribution >= 0.6 is 11.6 Å². The fraction of sp³-hybridized carbons (Fsp3) is 0.538. The van der Waals surface area contributed by atoms with Crippen molar-refractivity contribution < 1.29 is 4.74 Å². The predicted octanol–water partition coefficient (Wildman–Crippen LogP) is 2.27. The van der Waals surface area contributed by atoms with Gasteiger partial charge < -0.3 is 15.4 Å². The molecule has 1 aromatic heterocycles. The Morgan fingerprint density at radius 2 is 2.32 bits per heavy atom. The minimum absolute atomic E-state index is 0.0514. The SMILES string of the molecule is CCC(C)N(CCOC)c1nccc(C(=N)N)c1Cl. The molecule has 3 N–H and O–H groups in total. The van der Waals surface area contributed by atoms with E-state index in [9.17, 15) is 0 Å². The van der Waals surface area contributed by atoms with Crippen LogP contribution in [0.25, 0.3) is 0 Å². The number of aromatic nitrogens is 1. The molecule has 0 bridgehead atoms. The lowest BCUT2D eigenvalue weighted by molar-refractivity contribution is 0.203. The summed E-state index contributed by atoms with van der Waals surface area (Å²) in [7, 11) is 1.66. The second-order valence-electron chi connectivity index (χ2n) is 4.35. The number of ether oxygens (including phenoxy) is 1. The molecule has 1 atom stereocenters. The summed E-state index contributed by atoms with van der Waals surface area (Å²) in [6.45, 7) is 5.49. The number of methoxy groups -OCH3 is 1. The average molecular weight is 285 g/mol. The Kier molecular flexibility index (Phi) is 6.05. The third kappa shape index (κ3) is 3.81. The van der Waals surface area contributed by atoms with Crippen LogP contribution in [0.5, 0.6) is 0 Å². The van der Waals surface area contributed by atoms with Gasteiger partial charge in [-0.25, -0.2) is 4.98 Å². The quantitative estimate of drug-likeness (QED) is 0.595. The Balaban J connectivity index is 3.14. The Labute approximate surface area is 119 Å². The number of anilines is 1. The molecule has 19 heavy (non-hydrogen) atoms. The molecule has 0 aliphatic heterocycles. The summed E-state index contributed by atoms with van der Waals surface area (Å²) >= 11 is 6.31. The smallest absolute Gasteiger partial charge is 0.148 e. The number of amidine groups is 1. The fourth-order valence-corrected chi connectivity index (χ4v) is 2.11. The van der Waals surface area contributed by atoms with Gasteiger partial charge in [-0.05, 0) is 19.4 Å². The lowest BCUT2D eigenvalue weighted by Crippen LogP contribution is -2.36. The largest absolute Gasteiger partial charge is 0.384 e. The molecule has 0 saturated carbocycles. The van der Waals surface area contributed by atoms with Crippen molar-refractivity contribution >= 4 is 23.3 Å². The van der Waals surface area contributed by atoms with Gasteiger partial charge in [-0.1, -0.05) is 18.5 Å². The number of halogens is 1. The molecular formula is C13H21ClN4O. The maximum atomic E-state index is 7.53. The van der Waals surface area contributed by atoms with Crippen LogP contribution < -0.4 is 10.6 Å². The molecule has 1 rings (SSSR count). The molecule has 0 saturated heterocycles. The zero-order valence-electron chi connectivity index (χ0n) is 11.6. The van der Waals surface area contributed by atoms with E-state index >= 15 is 0 Å². The Hall–Kier alpha value is -1.33. The first-order chi connectivity index (χ1) is 9.02. The monoisotopic (exact) mass is 284 g/mol. The van der Waals surface area contributed by atoms with Crippen molar-refractivity contribution in [1.29, 1.82) is 5.41 Å². The van der Waals surface area contributed by atoms with E-state index in [4.69, 9.17) is 27.5 Å². The van der Waals surface area contributed by atoms with Gasteiger partial charge in [0.05, 0.1) is 11.6 Å². The van der Waals surface area contributed by atoms with Crippen LogP contribution in [0.1, 0.15) is 25.8 Å². The molecule has 5 nitrogen and oxygen atoms in total. The van der Waals surface area contributed by atoms with Gasteiger partial charge in [-0.2, -0.15) is 0 Å². The summed E-state index contributed by atoms with van der Waals surface area (Å²) in [6.07, 6.45) is 2.59. The third-order valence-corrected chi connectivity index (χ3v) is 3.46. The number of hydrogen-bond acceptors (Lipinski definition) is 4. The molecule has 1 heterocycles. The molecule has 0 aliphatic carbocycles. The summed E-state index contributed by atoms with van der Waals surface area (Å²) in [5, 5.41) is 7.95. The van der Waals surface area contributed by atoms with Gasteiger partial charge in [0.25, 0.3) is 0 Å². The zero-order chi connectivity index (χ0) is 14.4. The minimum atomic E-state index is -0.0514. The van der Waals surface area contributed by atoms with E-state index in [0.717, 1.165) is 6.42 Å². The van der Waals surface area contributed by atoms with Gasteiger partial charge in [-0.15, -0.1) is 0 Å². The Morgan fingerprint density at radius 1 is 1.63 bits per heavy atom. The van der Waals surface area contributed by atoms with Crippen LogP contribution in [0.3, 0.4) is 0 Å². The van der Waals surface area contributed by atoms with Crippen LogP contribution in [-0.2, 0) is 4.74 Å². The van der Waals surface area contributed by atoms with Crippen molar-refractivity contribution in [3.63, 3.8) is 0 Å². The number of nitrogens with zero attached hydrogens (tertiary/aromatic N) is 2. The normalized spacial score (nSPS) is 12.2. The van der Waals surface area contributed by atoms with Crippen LogP contribution in [0, 0.1) is 5.41 Å². The average Bonchev–Trinajstić information content (AvgIpc) is 2.39. The molecule has 0 aliphatic rings. The van der Waals surface area contributed by atoms with Crippen molar-refractivity contribution in [3.05, 3.63) is 22.8 Å². The van der Waals surface area contributed by atoms with Crippen LogP contribution in [0.2, 0.25) is 5.02 Å². The van der Waals surface area contributed by atoms with Crippen molar-refractivity contribution in [2.24, 2.45) is 5.73 Å². The standard InChI is InChI=1S/C13H21ClN4O/c1-4-9(2)18(7-8-19-3)13-11(14)10(12(15)16)5-6-17-13/h5-6,9H,4,7-8H2,1-3H3,(H3,15,16). The van der Waals surface area contributed by atoms with E-state index < -0.39 is 0 Å². The van der Waals surface area contributed by atoms with E-state index in [1.807, 2.05) is 0 Å². The molecule has 1 unspecified atom stereocenters. The van der Waals surface area contributed by atoms with Gasteiger partial charge in [0.1, 0.15) is 11.7 Å². The molecule has 106 valence electrons. The molecule has 0 spiro atoms. The number of nitrogen functional groups attached to an aromatic ring is 1. The summed E-state index contributed by atoms with van der Waals surface area (Å²) < 4.78 is 5.13. The summed E-state index contributed by atoms with van der Waals surface area (Å²) in [4.78, 5) is 6.41. The van der Waals surface area contributed by atoms with Crippen LogP contribution in [0.4, 0.5) is 5.82 Å². The zero-order valence-corrected chi connectivity index (χ0v) is 12.4. The number of nitrogens with two attached hydrogens (primary N) is 1. The topological polar surface area (TPSA) is 75.2 Å². The minimum Gasteiger partial charge on any atom is -0.384 e. The summed E-state index contributed by atoms with van der Waals surface area (Å²) in [5.41, 5.74) is 6.03. The molecule has 1 aromatic rings. The van der Waals surface area contributed by atoms with Gasteiger partial charge in [0, 0.05) is 31.5 Å². The fourth-order valence-electron chi connectivity index (χ4n) is 1.79. The number of hydrogen-bond donors (Lipinski definition) is 2. The number of rotatable bonds is 7. The second kappa shape index (κ2) is 7.31. The second-order valence-corrected chi connectivity index (χ2v) is 4.73. The highest BCUT2D eigenvalue weighted by Gasteiger charge is 2.19. The lowest BCUT2D eigenvalue weighted by atomic mass is 10.2. The molecule has 0 radical (unpaired) electrons. The third-order valence-electron chi connectivity index (χ3n) is 3.09. The van der Waals surface area contributed by atoms with Crippen LogP contribution in [-0.4, -0.2) is 37.1 Å². The van der Waals surface area contributed by atoms with Gasteiger partial charge >= 0.3 is 0 Å². The maximum Gasteiger partial charge on any atom is 0.148 e. The highest BCUT2D eigenvalue weighted by atomic mass is 35.5. The van der Waals surface area contributed by atoms with Gasteiger partial charge in [0.15, 0.2) is 0 Å². The molecule has 0 amide bonds. The number of nitrogens with one attached hydrogen (secondary N) is 1. The first-order valence-electron chi connectivity index (χ1n) is 6.27. The predicted molar refractivity (Wildman–Crippen MR) is 79.2 cm³/mol. The van der Waals surface area contributed by atoms with Crippen LogP contribution in [0.15, 0.2) is 12.3 Å².